The van der Waals surface area contributed by atoms with Crippen molar-refractivity contribution in [2.45, 2.75) is 70.1 Å². The number of hydrogen-bond acceptors (Lipinski definition) is 4. The molecule has 3 aliphatic rings. The Kier molecular flexibility index (Phi) is 7.01. The summed E-state index contributed by atoms with van der Waals surface area (Å²) >= 11 is 0. The molecule has 0 saturated carbocycles. The van der Waals surface area contributed by atoms with Crippen LogP contribution in [0.4, 0.5) is 8.78 Å². The lowest BCUT2D eigenvalue weighted by molar-refractivity contribution is -0.0307. The van der Waals surface area contributed by atoms with Crippen molar-refractivity contribution in [3.63, 3.8) is 0 Å². The summed E-state index contributed by atoms with van der Waals surface area (Å²) in [6.07, 6.45) is 7.41. The molecule has 4 rings (SSSR count). The van der Waals surface area contributed by atoms with E-state index in [1.165, 1.54) is 0 Å². The van der Waals surface area contributed by atoms with E-state index in [1.54, 1.807) is 6.07 Å². The molecule has 6 heteroatoms. The average Bonchev–Trinajstić information content (AvgIpc) is 2.80. The zero-order chi connectivity index (χ0) is 22.8. The summed E-state index contributed by atoms with van der Waals surface area (Å²) < 4.78 is 29.5. The van der Waals surface area contributed by atoms with E-state index in [0.29, 0.717) is 6.42 Å². The second-order valence-electron chi connectivity index (χ2n) is 10.1. The van der Waals surface area contributed by atoms with Crippen molar-refractivity contribution >= 4 is 11.5 Å². The van der Waals surface area contributed by atoms with Gasteiger partial charge in [-0.3, -0.25) is 4.90 Å². The fourth-order valence-corrected chi connectivity index (χ4v) is 5.18. The highest BCUT2D eigenvalue weighted by atomic mass is 19.3. The molecule has 1 aromatic rings. The Balaban J connectivity index is 1.44. The van der Waals surface area contributed by atoms with E-state index in [-0.39, 0.29) is 24.0 Å². The highest BCUT2D eigenvalue weighted by Crippen LogP contribution is 2.48. The van der Waals surface area contributed by atoms with Gasteiger partial charge in [-0.15, -0.1) is 0 Å². The van der Waals surface area contributed by atoms with Gasteiger partial charge in [-0.2, -0.15) is 0 Å². The summed E-state index contributed by atoms with van der Waals surface area (Å²) in [6, 6.07) is 5.57. The Morgan fingerprint density at radius 1 is 1.00 bits per heavy atom. The number of benzene rings is 1. The first-order valence-corrected chi connectivity index (χ1v) is 12.2. The van der Waals surface area contributed by atoms with E-state index >= 15 is 0 Å². The Labute approximate surface area is 191 Å². The second kappa shape index (κ2) is 9.60. The van der Waals surface area contributed by atoms with Crippen LogP contribution in [0, 0.1) is 0 Å². The maximum Gasteiger partial charge on any atom is 0.273 e. The largest absolute Gasteiger partial charge is 0.396 e. The number of piperazine rings is 1. The van der Waals surface area contributed by atoms with Gasteiger partial charge in [0.25, 0.3) is 5.92 Å². The Morgan fingerprint density at radius 3 is 2.53 bits per heavy atom. The van der Waals surface area contributed by atoms with E-state index in [0.717, 1.165) is 87.5 Å². The minimum absolute atomic E-state index is 0.0890. The number of rotatable bonds is 6. The third-order valence-electron chi connectivity index (χ3n) is 7.33. The quantitative estimate of drug-likeness (QED) is 0.615. The van der Waals surface area contributed by atoms with Gasteiger partial charge in [-0.25, -0.2) is 13.8 Å². The molecular formula is C26H37F2N3O. The van der Waals surface area contributed by atoms with Crippen LogP contribution in [0.3, 0.4) is 0 Å². The monoisotopic (exact) mass is 445 g/mol. The first kappa shape index (κ1) is 23.4. The number of alkyl halides is 2. The molecule has 1 aromatic carbocycles. The molecule has 1 aliphatic carbocycles. The van der Waals surface area contributed by atoms with Crippen LogP contribution in [-0.2, 0) is 11.3 Å². The van der Waals surface area contributed by atoms with Crippen molar-refractivity contribution in [1.82, 2.24) is 9.80 Å². The fraction of sp³-hybridized carbons (Fsp3) is 0.654. The van der Waals surface area contributed by atoms with E-state index in [9.17, 15) is 8.78 Å². The zero-order valence-corrected chi connectivity index (χ0v) is 19.5. The molecule has 0 aromatic heterocycles. The van der Waals surface area contributed by atoms with Gasteiger partial charge in [0.2, 0.25) is 0 Å². The lowest BCUT2D eigenvalue weighted by Gasteiger charge is -2.38. The number of allylic oxidation sites excluding steroid dienone is 1. The van der Waals surface area contributed by atoms with Gasteiger partial charge in [0, 0.05) is 56.8 Å². The minimum Gasteiger partial charge on any atom is -0.396 e. The number of aliphatic imine (C=N–C) groups is 1. The number of hydrogen-bond donors (Lipinski definition) is 1. The van der Waals surface area contributed by atoms with Crippen LogP contribution in [0.5, 0.6) is 0 Å². The van der Waals surface area contributed by atoms with Crippen molar-refractivity contribution in [1.29, 1.82) is 0 Å². The first-order chi connectivity index (χ1) is 15.3. The summed E-state index contributed by atoms with van der Waals surface area (Å²) in [7, 11) is 0. The van der Waals surface area contributed by atoms with E-state index in [4.69, 9.17) is 10.1 Å². The van der Waals surface area contributed by atoms with Gasteiger partial charge in [0.15, 0.2) is 0 Å². The van der Waals surface area contributed by atoms with Gasteiger partial charge in [-0.05, 0) is 55.7 Å². The number of amidine groups is 1. The Bertz CT molecular complexity index is 870. The van der Waals surface area contributed by atoms with Crippen molar-refractivity contribution in [2.75, 3.05) is 39.3 Å². The SMILES string of the molecule is CC1(C)CCC(F)(F)c2cc(C3=CCCC(N4CCN(CCCCCO)CC4)=N3)ccc21. The molecule has 1 N–H and O–H groups in total. The van der Waals surface area contributed by atoms with Crippen LogP contribution in [0.25, 0.3) is 5.70 Å². The van der Waals surface area contributed by atoms with Gasteiger partial charge < -0.3 is 10.0 Å². The molecule has 2 aliphatic heterocycles. The molecular weight excluding hydrogens is 408 g/mol. The number of nitrogens with zero attached hydrogens (tertiary/aromatic N) is 3. The maximum absolute atomic E-state index is 14.7. The summed E-state index contributed by atoms with van der Waals surface area (Å²) in [5, 5.41) is 8.92. The summed E-state index contributed by atoms with van der Waals surface area (Å²) in [5.41, 5.74) is 2.38. The molecule has 2 heterocycles. The minimum atomic E-state index is -2.77. The van der Waals surface area contributed by atoms with Crippen LogP contribution in [-0.4, -0.2) is 60.1 Å². The number of unbranched alkanes of at least 4 members (excludes halogenated alkanes) is 2. The zero-order valence-electron chi connectivity index (χ0n) is 19.5. The van der Waals surface area contributed by atoms with Crippen molar-refractivity contribution in [3.05, 3.63) is 41.0 Å². The molecule has 0 bridgehead atoms. The maximum atomic E-state index is 14.7. The predicted molar refractivity (Wildman–Crippen MR) is 126 cm³/mol. The Hall–Kier alpha value is -1.79. The molecule has 176 valence electrons. The summed E-state index contributed by atoms with van der Waals surface area (Å²) in [4.78, 5) is 9.79. The molecule has 1 saturated heterocycles. The first-order valence-electron chi connectivity index (χ1n) is 12.2. The van der Waals surface area contributed by atoms with E-state index in [2.05, 4.69) is 29.7 Å². The lowest BCUT2D eigenvalue weighted by Crippen LogP contribution is -2.49. The van der Waals surface area contributed by atoms with Crippen molar-refractivity contribution in [3.8, 4) is 0 Å². The number of halogens is 2. The third-order valence-corrected chi connectivity index (χ3v) is 7.33. The van der Waals surface area contributed by atoms with Gasteiger partial charge >= 0.3 is 0 Å². The lowest BCUT2D eigenvalue weighted by atomic mass is 9.71. The van der Waals surface area contributed by atoms with Gasteiger partial charge in [0.1, 0.15) is 5.84 Å². The smallest absolute Gasteiger partial charge is 0.273 e. The number of aliphatic hydroxyl groups excluding tert-OH is 1. The average molecular weight is 446 g/mol. The van der Waals surface area contributed by atoms with Crippen LogP contribution in [0.2, 0.25) is 0 Å². The fourth-order valence-electron chi connectivity index (χ4n) is 5.18. The third kappa shape index (κ3) is 5.07. The van der Waals surface area contributed by atoms with Crippen LogP contribution < -0.4 is 0 Å². The van der Waals surface area contributed by atoms with Crippen LogP contribution in [0.1, 0.15) is 75.5 Å². The summed E-state index contributed by atoms with van der Waals surface area (Å²) in [5.74, 6) is -1.68. The molecule has 0 radical (unpaired) electrons. The summed E-state index contributed by atoms with van der Waals surface area (Å²) in [6.45, 7) is 9.46. The Morgan fingerprint density at radius 2 is 1.78 bits per heavy atom. The highest BCUT2D eigenvalue weighted by molar-refractivity contribution is 5.90. The van der Waals surface area contributed by atoms with E-state index < -0.39 is 5.92 Å². The highest BCUT2D eigenvalue weighted by Gasteiger charge is 2.43. The molecule has 1 fully saturated rings. The van der Waals surface area contributed by atoms with E-state index in [1.807, 2.05) is 12.1 Å². The van der Waals surface area contributed by atoms with Crippen LogP contribution >= 0.6 is 0 Å². The molecule has 4 nitrogen and oxygen atoms in total. The molecule has 32 heavy (non-hydrogen) atoms. The molecule has 0 unspecified atom stereocenters. The number of fused-ring (bicyclic) bond motifs is 1. The van der Waals surface area contributed by atoms with Crippen LogP contribution in [0.15, 0.2) is 29.3 Å². The molecule has 0 amide bonds. The molecule has 0 atom stereocenters. The predicted octanol–water partition coefficient (Wildman–Crippen LogP) is 5.16. The second-order valence-corrected chi connectivity index (χ2v) is 10.1. The van der Waals surface area contributed by atoms with Crippen molar-refractivity contribution < 1.29 is 13.9 Å². The number of aliphatic hydroxyl groups is 1. The van der Waals surface area contributed by atoms with Gasteiger partial charge in [-0.1, -0.05) is 32.1 Å². The van der Waals surface area contributed by atoms with Crippen molar-refractivity contribution in [2.24, 2.45) is 4.99 Å². The molecule has 0 spiro atoms. The normalized spacial score (nSPS) is 22.8. The topological polar surface area (TPSA) is 39.1 Å². The van der Waals surface area contributed by atoms with Gasteiger partial charge in [0.05, 0.1) is 5.70 Å². The standard InChI is InChI=1S/C26H37F2N3O/c1-25(2)11-12-26(27,28)22-19-20(9-10-21(22)25)23-7-6-8-24(29-23)31-16-14-30(15-17-31)13-4-3-5-18-32/h7,9-10,19,32H,3-6,8,11-18H2,1-2H3.